The summed E-state index contributed by atoms with van der Waals surface area (Å²) < 4.78 is 11.8. The van der Waals surface area contributed by atoms with Gasteiger partial charge in [0.15, 0.2) is 11.2 Å². The first-order valence-electron chi connectivity index (χ1n) is 8.10. The summed E-state index contributed by atoms with van der Waals surface area (Å²) in [7, 11) is 1.60. The number of carbonyl (C=O) groups is 1. The number of carbonyl (C=O) groups excluding carboxylic acids is 1. The van der Waals surface area contributed by atoms with Gasteiger partial charge in [0.05, 0.1) is 17.3 Å². The number of anilines is 1. The van der Waals surface area contributed by atoms with Crippen molar-refractivity contribution in [1.29, 1.82) is 0 Å². The van der Waals surface area contributed by atoms with Crippen LogP contribution in [0.1, 0.15) is 19.4 Å². The zero-order valence-electron chi connectivity index (χ0n) is 14.4. The zero-order valence-corrected chi connectivity index (χ0v) is 15.2. The van der Waals surface area contributed by atoms with E-state index in [0.717, 1.165) is 22.4 Å². The van der Waals surface area contributed by atoms with E-state index in [0.29, 0.717) is 10.9 Å². The molecule has 0 spiro atoms. The molecule has 1 aromatic heterocycles. The summed E-state index contributed by atoms with van der Waals surface area (Å²) in [6.07, 6.45) is 0.342. The molecule has 0 saturated carbocycles. The van der Waals surface area contributed by atoms with E-state index in [1.54, 1.807) is 38.3 Å². The predicted octanol–water partition coefficient (Wildman–Crippen LogP) is 4.27. The SMILES string of the molecule is CCc1ccc2nc(NC(=O)C(C)Oc3ccc(OC)cc3)sc2c1. The van der Waals surface area contributed by atoms with Gasteiger partial charge in [-0.2, -0.15) is 0 Å². The lowest BCUT2D eigenvalue weighted by molar-refractivity contribution is -0.122. The maximum absolute atomic E-state index is 12.3. The number of amides is 1. The van der Waals surface area contributed by atoms with Crippen LogP contribution in [0.4, 0.5) is 5.13 Å². The molecule has 1 N–H and O–H groups in total. The summed E-state index contributed by atoms with van der Waals surface area (Å²) in [5.41, 5.74) is 2.14. The van der Waals surface area contributed by atoms with Gasteiger partial charge in [0.25, 0.3) is 5.91 Å². The lowest BCUT2D eigenvalue weighted by Crippen LogP contribution is -2.30. The van der Waals surface area contributed by atoms with E-state index in [-0.39, 0.29) is 5.91 Å². The van der Waals surface area contributed by atoms with Crippen molar-refractivity contribution in [3.8, 4) is 11.5 Å². The molecular weight excluding hydrogens is 336 g/mol. The van der Waals surface area contributed by atoms with Crippen molar-refractivity contribution in [2.45, 2.75) is 26.4 Å². The highest BCUT2D eigenvalue weighted by Gasteiger charge is 2.17. The van der Waals surface area contributed by atoms with Crippen molar-refractivity contribution in [3.63, 3.8) is 0 Å². The molecule has 0 aliphatic rings. The molecule has 25 heavy (non-hydrogen) atoms. The Morgan fingerprint density at radius 1 is 1.20 bits per heavy atom. The van der Waals surface area contributed by atoms with Crippen LogP contribution in [0.15, 0.2) is 42.5 Å². The summed E-state index contributed by atoms with van der Waals surface area (Å²) in [5, 5.41) is 3.41. The number of nitrogens with one attached hydrogen (secondary N) is 1. The van der Waals surface area contributed by atoms with Gasteiger partial charge in [-0.1, -0.05) is 24.3 Å². The molecule has 130 valence electrons. The summed E-state index contributed by atoms with van der Waals surface area (Å²) >= 11 is 1.47. The molecule has 0 aliphatic heterocycles. The highest BCUT2D eigenvalue weighted by Crippen LogP contribution is 2.27. The maximum atomic E-state index is 12.3. The number of aromatic nitrogens is 1. The molecule has 0 fully saturated rings. The van der Waals surface area contributed by atoms with E-state index in [9.17, 15) is 4.79 Å². The quantitative estimate of drug-likeness (QED) is 0.716. The lowest BCUT2D eigenvalue weighted by atomic mass is 10.2. The number of ether oxygens (including phenoxy) is 2. The van der Waals surface area contributed by atoms with Crippen molar-refractivity contribution in [1.82, 2.24) is 4.98 Å². The highest BCUT2D eigenvalue weighted by molar-refractivity contribution is 7.22. The molecule has 3 rings (SSSR count). The molecule has 3 aromatic rings. The predicted molar refractivity (Wildman–Crippen MR) is 101 cm³/mol. The zero-order chi connectivity index (χ0) is 17.8. The van der Waals surface area contributed by atoms with E-state index in [2.05, 4.69) is 29.4 Å². The molecule has 0 aliphatic carbocycles. The van der Waals surface area contributed by atoms with E-state index >= 15 is 0 Å². The van der Waals surface area contributed by atoms with Crippen LogP contribution >= 0.6 is 11.3 Å². The normalized spacial score (nSPS) is 12.0. The van der Waals surface area contributed by atoms with Crippen LogP contribution in [0, 0.1) is 0 Å². The van der Waals surface area contributed by atoms with Gasteiger partial charge in [-0.3, -0.25) is 10.1 Å². The van der Waals surface area contributed by atoms with Gasteiger partial charge < -0.3 is 9.47 Å². The van der Waals surface area contributed by atoms with E-state index in [1.165, 1.54) is 16.9 Å². The largest absolute Gasteiger partial charge is 0.497 e. The van der Waals surface area contributed by atoms with Crippen LogP contribution in [-0.4, -0.2) is 24.1 Å². The third-order valence-electron chi connectivity index (χ3n) is 3.83. The Morgan fingerprint density at radius 2 is 1.92 bits per heavy atom. The first kappa shape index (κ1) is 17.2. The van der Waals surface area contributed by atoms with Crippen LogP contribution in [0.25, 0.3) is 10.2 Å². The maximum Gasteiger partial charge on any atom is 0.266 e. The Labute approximate surface area is 150 Å². The summed E-state index contributed by atoms with van der Waals surface area (Å²) in [5.74, 6) is 1.12. The van der Waals surface area contributed by atoms with Crippen molar-refractivity contribution in [2.75, 3.05) is 12.4 Å². The number of fused-ring (bicyclic) bond motifs is 1. The van der Waals surface area contributed by atoms with Crippen LogP contribution in [0.5, 0.6) is 11.5 Å². The molecule has 6 heteroatoms. The van der Waals surface area contributed by atoms with Crippen molar-refractivity contribution < 1.29 is 14.3 Å². The van der Waals surface area contributed by atoms with E-state index in [4.69, 9.17) is 9.47 Å². The fourth-order valence-corrected chi connectivity index (χ4v) is 3.29. The third-order valence-corrected chi connectivity index (χ3v) is 4.77. The first-order valence-corrected chi connectivity index (χ1v) is 8.91. The number of rotatable bonds is 6. The monoisotopic (exact) mass is 356 g/mol. The number of hydrogen-bond acceptors (Lipinski definition) is 5. The minimum atomic E-state index is -0.633. The molecule has 1 atom stereocenters. The molecular formula is C19H20N2O3S. The third kappa shape index (κ3) is 4.09. The van der Waals surface area contributed by atoms with Gasteiger partial charge >= 0.3 is 0 Å². The van der Waals surface area contributed by atoms with Crippen LogP contribution in [0.3, 0.4) is 0 Å². The average molecular weight is 356 g/mol. The van der Waals surface area contributed by atoms with Crippen LogP contribution < -0.4 is 14.8 Å². The average Bonchev–Trinajstić information content (AvgIpc) is 3.03. The Hall–Kier alpha value is -2.60. The lowest BCUT2D eigenvalue weighted by Gasteiger charge is -2.13. The molecule has 2 aromatic carbocycles. The molecule has 1 unspecified atom stereocenters. The van der Waals surface area contributed by atoms with Gasteiger partial charge in [-0.15, -0.1) is 0 Å². The molecule has 0 bridgehead atoms. The second-order valence-electron chi connectivity index (χ2n) is 5.60. The van der Waals surface area contributed by atoms with Gasteiger partial charge in [-0.05, 0) is 55.3 Å². The number of aryl methyl sites for hydroxylation is 1. The number of benzene rings is 2. The summed E-state index contributed by atoms with van der Waals surface area (Å²) in [4.78, 5) is 16.8. The molecule has 1 amide bonds. The number of nitrogens with zero attached hydrogens (tertiary/aromatic N) is 1. The molecule has 0 radical (unpaired) electrons. The van der Waals surface area contributed by atoms with Crippen LogP contribution in [-0.2, 0) is 11.2 Å². The van der Waals surface area contributed by atoms with Gasteiger partial charge in [-0.25, -0.2) is 4.98 Å². The fourth-order valence-electron chi connectivity index (χ4n) is 2.36. The minimum absolute atomic E-state index is 0.231. The van der Waals surface area contributed by atoms with Crippen molar-refractivity contribution in [3.05, 3.63) is 48.0 Å². The van der Waals surface area contributed by atoms with Gasteiger partial charge in [0, 0.05) is 0 Å². The fraction of sp³-hybridized carbons (Fsp3) is 0.263. The van der Waals surface area contributed by atoms with Crippen LogP contribution in [0.2, 0.25) is 0 Å². The second-order valence-corrected chi connectivity index (χ2v) is 6.63. The van der Waals surface area contributed by atoms with Crippen molar-refractivity contribution in [2.24, 2.45) is 0 Å². The second kappa shape index (κ2) is 7.53. The van der Waals surface area contributed by atoms with Crippen molar-refractivity contribution >= 4 is 32.6 Å². The summed E-state index contributed by atoms with van der Waals surface area (Å²) in [6, 6.07) is 13.3. The number of hydrogen-bond donors (Lipinski definition) is 1. The van der Waals surface area contributed by atoms with E-state index < -0.39 is 6.10 Å². The summed E-state index contributed by atoms with van der Waals surface area (Å²) in [6.45, 7) is 3.82. The molecule has 1 heterocycles. The standard InChI is InChI=1S/C19H20N2O3S/c1-4-13-5-10-16-17(11-13)25-19(20-16)21-18(22)12(2)24-15-8-6-14(23-3)7-9-15/h5-12H,4H2,1-3H3,(H,20,21,22). The van der Waals surface area contributed by atoms with Gasteiger partial charge in [0.2, 0.25) is 0 Å². The number of methoxy groups -OCH3 is 1. The van der Waals surface area contributed by atoms with Gasteiger partial charge in [0.1, 0.15) is 11.5 Å². The van der Waals surface area contributed by atoms with E-state index in [1.807, 2.05) is 6.07 Å². The Kier molecular flexibility index (Phi) is 5.19. The molecule has 5 nitrogen and oxygen atoms in total. The minimum Gasteiger partial charge on any atom is -0.497 e. The Morgan fingerprint density at radius 3 is 2.60 bits per heavy atom. The Bertz CT molecular complexity index is 874. The highest BCUT2D eigenvalue weighted by atomic mass is 32.1. The molecule has 0 saturated heterocycles. The number of thiazole rings is 1. The first-order chi connectivity index (χ1) is 12.1. The topological polar surface area (TPSA) is 60.5 Å². The smallest absolute Gasteiger partial charge is 0.266 e. The Balaban J connectivity index is 1.66.